The predicted molar refractivity (Wildman–Crippen MR) is 110 cm³/mol. The molecule has 1 unspecified atom stereocenters. The minimum atomic E-state index is -3.99. The highest BCUT2D eigenvalue weighted by Gasteiger charge is 2.30. The van der Waals surface area contributed by atoms with Crippen LogP contribution in [0.4, 0.5) is 0 Å². The number of rotatable bonds is 9. The average Bonchev–Trinajstić information content (AvgIpc) is 3.23. The third-order valence-corrected chi connectivity index (χ3v) is 6.07. The van der Waals surface area contributed by atoms with Crippen LogP contribution in [0, 0.1) is 5.92 Å². The van der Waals surface area contributed by atoms with Gasteiger partial charge in [0, 0.05) is 5.56 Å². The van der Waals surface area contributed by atoms with Gasteiger partial charge in [-0.3, -0.25) is 9.59 Å². The molecule has 2 aromatic rings. The Bertz CT molecular complexity index is 1060. The van der Waals surface area contributed by atoms with Crippen LogP contribution in [0.15, 0.2) is 47.4 Å². The summed E-state index contributed by atoms with van der Waals surface area (Å²) in [6.07, 6.45) is 0. The summed E-state index contributed by atoms with van der Waals surface area (Å²) >= 11 is 0. The zero-order valence-electron chi connectivity index (χ0n) is 17.3. The lowest BCUT2D eigenvalue weighted by Crippen LogP contribution is -2.45. The Hall–Kier alpha value is -3.11. The number of nitrogens with one attached hydrogen (secondary N) is 1. The molecule has 1 aliphatic rings. The minimum absolute atomic E-state index is 0.0248. The van der Waals surface area contributed by atoms with E-state index < -0.39 is 40.3 Å². The maximum atomic E-state index is 12.7. The van der Waals surface area contributed by atoms with Gasteiger partial charge in [-0.25, -0.2) is 8.42 Å². The summed E-state index contributed by atoms with van der Waals surface area (Å²) in [4.78, 5) is 24.9. The number of carbonyl (C=O) groups is 2. The largest absolute Gasteiger partial charge is 0.497 e. The minimum Gasteiger partial charge on any atom is -0.497 e. The first-order chi connectivity index (χ1) is 14.7. The number of methoxy groups -OCH3 is 1. The number of sulfonamides is 1. The molecule has 31 heavy (non-hydrogen) atoms. The SMILES string of the molecule is COc1ccc(S(=O)(=O)NC(C(=O)OCC(=O)c2ccc3c(c2)OCO3)C(C)C)cc1. The second-order valence-corrected chi connectivity index (χ2v) is 8.83. The quantitative estimate of drug-likeness (QED) is 0.457. The average molecular weight is 449 g/mol. The third-order valence-electron chi connectivity index (χ3n) is 4.61. The van der Waals surface area contributed by atoms with Crippen LogP contribution >= 0.6 is 0 Å². The van der Waals surface area contributed by atoms with E-state index in [2.05, 4.69) is 4.72 Å². The van der Waals surface area contributed by atoms with Crippen molar-refractivity contribution in [1.29, 1.82) is 0 Å². The molecule has 1 aliphatic heterocycles. The Kier molecular flexibility index (Phi) is 6.81. The normalized spacial score (nSPS) is 13.7. The van der Waals surface area contributed by atoms with Crippen molar-refractivity contribution in [3.8, 4) is 17.2 Å². The van der Waals surface area contributed by atoms with Crippen LogP contribution in [-0.4, -0.2) is 46.7 Å². The zero-order chi connectivity index (χ0) is 22.6. The highest BCUT2D eigenvalue weighted by Crippen LogP contribution is 2.32. The Morgan fingerprint density at radius 3 is 2.39 bits per heavy atom. The molecule has 0 saturated heterocycles. The lowest BCUT2D eigenvalue weighted by Gasteiger charge is -2.20. The molecule has 0 aromatic heterocycles. The molecule has 1 N–H and O–H groups in total. The molecular formula is C21H23NO8S. The summed E-state index contributed by atoms with van der Waals surface area (Å²) in [5.74, 6) is -0.249. The van der Waals surface area contributed by atoms with Crippen molar-refractivity contribution in [1.82, 2.24) is 4.72 Å². The fraction of sp³-hybridized carbons (Fsp3) is 0.333. The summed E-state index contributed by atoms with van der Waals surface area (Å²) in [5, 5.41) is 0. The van der Waals surface area contributed by atoms with Gasteiger partial charge in [-0.05, 0) is 48.4 Å². The number of ether oxygens (including phenoxy) is 4. The van der Waals surface area contributed by atoms with Gasteiger partial charge in [0.25, 0.3) is 0 Å². The molecule has 0 radical (unpaired) electrons. The molecule has 0 saturated carbocycles. The fourth-order valence-electron chi connectivity index (χ4n) is 2.83. The number of fused-ring (bicyclic) bond motifs is 1. The van der Waals surface area contributed by atoms with E-state index >= 15 is 0 Å². The predicted octanol–water partition coefficient (Wildman–Crippen LogP) is 2.15. The van der Waals surface area contributed by atoms with Gasteiger partial charge in [-0.15, -0.1) is 0 Å². The van der Waals surface area contributed by atoms with E-state index in [-0.39, 0.29) is 17.3 Å². The Balaban J connectivity index is 1.65. The summed E-state index contributed by atoms with van der Waals surface area (Å²) < 4.78 is 48.2. The molecule has 0 fully saturated rings. The van der Waals surface area contributed by atoms with E-state index in [0.29, 0.717) is 17.2 Å². The molecule has 166 valence electrons. The number of ketones is 1. The number of hydrogen-bond donors (Lipinski definition) is 1. The molecule has 1 heterocycles. The summed E-state index contributed by atoms with van der Waals surface area (Å²) in [6.45, 7) is 2.88. The van der Waals surface area contributed by atoms with Gasteiger partial charge in [-0.2, -0.15) is 4.72 Å². The van der Waals surface area contributed by atoms with Crippen molar-refractivity contribution in [3.63, 3.8) is 0 Å². The molecule has 3 rings (SSSR count). The zero-order valence-corrected chi connectivity index (χ0v) is 18.1. The third kappa shape index (κ3) is 5.33. The molecular weight excluding hydrogens is 426 g/mol. The molecule has 1 atom stereocenters. The monoisotopic (exact) mass is 449 g/mol. The molecule has 0 amide bonds. The van der Waals surface area contributed by atoms with Gasteiger partial charge < -0.3 is 18.9 Å². The summed E-state index contributed by atoms with van der Waals surface area (Å²) in [5.41, 5.74) is 0.289. The Labute approximate surface area is 180 Å². The first kappa shape index (κ1) is 22.6. The molecule has 9 nitrogen and oxygen atoms in total. The van der Waals surface area contributed by atoms with Gasteiger partial charge in [0.05, 0.1) is 12.0 Å². The highest BCUT2D eigenvalue weighted by atomic mass is 32.2. The van der Waals surface area contributed by atoms with E-state index in [0.717, 1.165) is 0 Å². The maximum absolute atomic E-state index is 12.7. The maximum Gasteiger partial charge on any atom is 0.324 e. The molecule has 0 bridgehead atoms. The second kappa shape index (κ2) is 9.36. The van der Waals surface area contributed by atoms with Crippen LogP contribution in [0.5, 0.6) is 17.2 Å². The van der Waals surface area contributed by atoms with Crippen molar-refractivity contribution in [2.24, 2.45) is 5.92 Å². The van der Waals surface area contributed by atoms with Gasteiger partial charge in [0.15, 0.2) is 23.9 Å². The number of benzene rings is 2. The molecule has 10 heteroatoms. The fourth-order valence-corrected chi connectivity index (χ4v) is 4.16. The van der Waals surface area contributed by atoms with E-state index in [9.17, 15) is 18.0 Å². The van der Waals surface area contributed by atoms with E-state index in [1.54, 1.807) is 19.9 Å². The van der Waals surface area contributed by atoms with Crippen molar-refractivity contribution >= 4 is 21.8 Å². The van der Waals surface area contributed by atoms with Gasteiger partial charge in [-0.1, -0.05) is 13.8 Å². The van der Waals surface area contributed by atoms with Crippen LogP contribution in [0.25, 0.3) is 0 Å². The van der Waals surface area contributed by atoms with Crippen molar-refractivity contribution in [3.05, 3.63) is 48.0 Å². The van der Waals surface area contributed by atoms with Crippen molar-refractivity contribution < 1.29 is 37.0 Å². The summed E-state index contributed by atoms with van der Waals surface area (Å²) in [6, 6.07) is 9.21. The van der Waals surface area contributed by atoms with Crippen molar-refractivity contribution in [2.45, 2.75) is 24.8 Å². The Morgan fingerprint density at radius 1 is 1.06 bits per heavy atom. The first-order valence-corrected chi connectivity index (χ1v) is 11.0. The molecule has 2 aromatic carbocycles. The standard InChI is InChI=1S/C21H23NO8S/c1-13(2)20(22-31(25,26)16-7-5-15(27-3)6-8-16)21(24)28-11-17(23)14-4-9-18-19(10-14)30-12-29-18/h4-10,13,20,22H,11-12H2,1-3H3. The Morgan fingerprint density at radius 2 is 1.74 bits per heavy atom. The first-order valence-electron chi connectivity index (χ1n) is 9.47. The molecule has 0 spiro atoms. The van der Waals surface area contributed by atoms with Gasteiger partial charge in [0.1, 0.15) is 11.8 Å². The van der Waals surface area contributed by atoms with Crippen LogP contribution < -0.4 is 18.9 Å². The number of esters is 1. The lowest BCUT2D eigenvalue weighted by molar-refractivity contribution is -0.145. The van der Waals surface area contributed by atoms with Gasteiger partial charge in [0.2, 0.25) is 16.8 Å². The second-order valence-electron chi connectivity index (χ2n) is 7.12. The number of hydrogen-bond acceptors (Lipinski definition) is 8. The van der Waals surface area contributed by atoms with Crippen LogP contribution in [-0.2, 0) is 19.6 Å². The lowest BCUT2D eigenvalue weighted by atomic mass is 10.1. The van der Waals surface area contributed by atoms with E-state index in [1.165, 1.54) is 43.5 Å². The molecule has 0 aliphatic carbocycles. The van der Waals surface area contributed by atoms with Crippen LogP contribution in [0.3, 0.4) is 0 Å². The van der Waals surface area contributed by atoms with E-state index in [1.807, 2.05) is 0 Å². The van der Waals surface area contributed by atoms with Crippen molar-refractivity contribution in [2.75, 3.05) is 20.5 Å². The van der Waals surface area contributed by atoms with E-state index in [4.69, 9.17) is 18.9 Å². The van der Waals surface area contributed by atoms with Crippen LogP contribution in [0.2, 0.25) is 0 Å². The van der Waals surface area contributed by atoms with Gasteiger partial charge >= 0.3 is 5.97 Å². The summed E-state index contributed by atoms with van der Waals surface area (Å²) in [7, 11) is -2.52. The smallest absolute Gasteiger partial charge is 0.324 e. The van der Waals surface area contributed by atoms with Crippen LogP contribution in [0.1, 0.15) is 24.2 Å². The topological polar surface area (TPSA) is 117 Å². The number of carbonyl (C=O) groups excluding carboxylic acids is 2. The highest BCUT2D eigenvalue weighted by molar-refractivity contribution is 7.89. The number of Topliss-reactive ketones (excluding diaryl/α,β-unsaturated/α-hetero) is 1.